The van der Waals surface area contributed by atoms with E-state index in [1.807, 2.05) is 19.0 Å². The van der Waals surface area contributed by atoms with Crippen LogP contribution in [0.25, 0.3) is 10.2 Å². The highest BCUT2D eigenvalue weighted by Gasteiger charge is 2.27. The number of hydrogen-bond acceptors (Lipinski definition) is 7. The van der Waals surface area contributed by atoms with Crippen LogP contribution in [0.15, 0.2) is 47.4 Å². The van der Waals surface area contributed by atoms with Gasteiger partial charge in [0.25, 0.3) is 5.91 Å². The minimum atomic E-state index is -3.71. The van der Waals surface area contributed by atoms with Gasteiger partial charge in [-0.1, -0.05) is 11.3 Å². The summed E-state index contributed by atoms with van der Waals surface area (Å²) in [5.41, 5.74) is 0.958. The Morgan fingerprint density at radius 3 is 2.54 bits per heavy atom. The molecule has 0 unspecified atom stereocenters. The fourth-order valence-electron chi connectivity index (χ4n) is 3.86. The molecule has 1 amide bonds. The Balaban J connectivity index is 1.56. The number of amides is 1. The number of anilines is 1. The number of sulfonamides is 1. The minimum Gasteiger partial charge on any atom is -0.377 e. The highest BCUT2D eigenvalue weighted by molar-refractivity contribution is 7.89. The first-order valence-electron chi connectivity index (χ1n) is 11.4. The molecule has 1 atom stereocenters. The molecule has 0 radical (unpaired) electrons. The van der Waals surface area contributed by atoms with E-state index in [9.17, 15) is 17.6 Å². The average molecular weight is 521 g/mol. The van der Waals surface area contributed by atoms with Crippen molar-refractivity contribution in [1.82, 2.24) is 14.2 Å². The molecule has 188 valence electrons. The molecule has 1 aliphatic heterocycles. The fourth-order valence-corrected chi connectivity index (χ4v) is 6.08. The van der Waals surface area contributed by atoms with E-state index in [2.05, 4.69) is 4.98 Å². The molecular weight excluding hydrogens is 491 g/mol. The third-order valence-corrected chi connectivity index (χ3v) is 8.76. The summed E-state index contributed by atoms with van der Waals surface area (Å²) in [6, 6.07) is 10.3. The molecule has 0 saturated carbocycles. The van der Waals surface area contributed by atoms with Gasteiger partial charge >= 0.3 is 0 Å². The quantitative estimate of drug-likeness (QED) is 0.430. The van der Waals surface area contributed by atoms with Crippen LogP contribution in [0.5, 0.6) is 0 Å². The highest BCUT2D eigenvalue weighted by Crippen LogP contribution is 2.30. The van der Waals surface area contributed by atoms with Gasteiger partial charge in [-0.05, 0) is 69.4 Å². The predicted molar refractivity (Wildman–Crippen MR) is 135 cm³/mol. The van der Waals surface area contributed by atoms with Crippen LogP contribution < -0.4 is 4.90 Å². The fraction of sp³-hybridized carbons (Fsp3) is 0.417. The van der Waals surface area contributed by atoms with Crippen molar-refractivity contribution in [3.63, 3.8) is 0 Å². The molecule has 0 spiro atoms. The van der Waals surface area contributed by atoms with Crippen molar-refractivity contribution in [3.8, 4) is 0 Å². The zero-order valence-electron chi connectivity index (χ0n) is 20.0. The third-order valence-electron chi connectivity index (χ3n) is 5.88. The highest BCUT2D eigenvalue weighted by atomic mass is 32.2. The summed E-state index contributed by atoms with van der Waals surface area (Å²) in [4.78, 5) is 21.6. The first-order chi connectivity index (χ1) is 16.6. The molecule has 3 aromatic rings. The summed E-state index contributed by atoms with van der Waals surface area (Å²) in [6.07, 6.45) is 1.68. The van der Waals surface area contributed by atoms with Gasteiger partial charge in [0, 0.05) is 38.9 Å². The van der Waals surface area contributed by atoms with Gasteiger partial charge in [-0.2, -0.15) is 4.31 Å². The zero-order chi connectivity index (χ0) is 25.2. The summed E-state index contributed by atoms with van der Waals surface area (Å²) in [7, 11) is 1.64. The van der Waals surface area contributed by atoms with Crippen LogP contribution in [0.2, 0.25) is 0 Å². The second kappa shape index (κ2) is 10.7. The van der Waals surface area contributed by atoms with E-state index in [1.54, 1.807) is 11.0 Å². The van der Waals surface area contributed by atoms with Crippen molar-refractivity contribution in [2.75, 3.05) is 52.3 Å². The molecular formula is C24H29FN4O4S2. The Hall–Kier alpha value is -2.44. The summed E-state index contributed by atoms with van der Waals surface area (Å²) in [5, 5.41) is 0.463. The summed E-state index contributed by atoms with van der Waals surface area (Å²) < 4.78 is 47.1. The standard InChI is InChI=1S/C24H29FN4O4S2/c1-27(2)12-13-29(24-26-21-11-8-18(25)15-22(21)34-24)23(30)17-6-9-20(10-7-17)35(31,32)28(3)16-19-5-4-14-33-19/h6-11,15,19H,4-5,12-14,16H2,1-3H3/t19-/m1/s1. The molecule has 8 nitrogen and oxygen atoms in total. The second-order valence-electron chi connectivity index (χ2n) is 8.81. The average Bonchev–Trinajstić information content (AvgIpc) is 3.48. The maximum atomic E-state index is 13.7. The molecule has 1 aliphatic rings. The second-order valence-corrected chi connectivity index (χ2v) is 11.9. The Morgan fingerprint density at radius 2 is 1.89 bits per heavy atom. The summed E-state index contributed by atoms with van der Waals surface area (Å²) in [6.45, 7) is 1.91. The number of thiazole rings is 1. The maximum absolute atomic E-state index is 13.7. The number of carbonyl (C=O) groups excluding carboxylic acids is 1. The number of likely N-dealkylation sites (N-methyl/N-ethyl adjacent to an activating group) is 2. The van der Waals surface area contributed by atoms with Gasteiger partial charge in [0.15, 0.2) is 5.13 Å². The normalized spacial score (nSPS) is 16.5. The lowest BCUT2D eigenvalue weighted by molar-refractivity contribution is 0.0978. The first-order valence-corrected chi connectivity index (χ1v) is 13.6. The summed E-state index contributed by atoms with van der Waals surface area (Å²) >= 11 is 1.24. The van der Waals surface area contributed by atoms with E-state index >= 15 is 0 Å². The van der Waals surface area contributed by atoms with Gasteiger partial charge in [-0.15, -0.1) is 0 Å². The van der Waals surface area contributed by atoms with Crippen molar-refractivity contribution >= 4 is 42.6 Å². The Bertz CT molecular complexity index is 1290. The van der Waals surface area contributed by atoms with Crippen LogP contribution >= 0.6 is 11.3 Å². The third kappa shape index (κ3) is 5.87. The smallest absolute Gasteiger partial charge is 0.260 e. The van der Waals surface area contributed by atoms with E-state index in [-0.39, 0.29) is 22.7 Å². The summed E-state index contributed by atoms with van der Waals surface area (Å²) in [5.74, 6) is -0.664. The van der Waals surface area contributed by atoms with Crippen molar-refractivity contribution in [2.45, 2.75) is 23.8 Å². The number of carbonyl (C=O) groups is 1. The number of hydrogen-bond donors (Lipinski definition) is 0. The van der Waals surface area contributed by atoms with Crippen LogP contribution in [-0.2, 0) is 14.8 Å². The van der Waals surface area contributed by atoms with Crippen molar-refractivity contribution < 1.29 is 22.3 Å². The van der Waals surface area contributed by atoms with Crippen molar-refractivity contribution in [3.05, 3.63) is 53.8 Å². The Morgan fingerprint density at radius 1 is 1.14 bits per heavy atom. The van der Waals surface area contributed by atoms with Gasteiger partial charge in [0.1, 0.15) is 5.82 Å². The van der Waals surface area contributed by atoms with E-state index < -0.39 is 10.0 Å². The van der Waals surface area contributed by atoms with Crippen LogP contribution in [0.1, 0.15) is 23.2 Å². The van der Waals surface area contributed by atoms with Crippen LogP contribution in [0, 0.1) is 5.82 Å². The maximum Gasteiger partial charge on any atom is 0.260 e. The molecule has 2 heterocycles. The molecule has 2 aromatic carbocycles. The number of nitrogens with zero attached hydrogens (tertiary/aromatic N) is 4. The monoisotopic (exact) mass is 520 g/mol. The molecule has 1 saturated heterocycles. The van der Waals surface area contributed by atoms with E-state index in [0.717, 1.165) is 12.8 Å². The van der Waals surface area contributed by atoms with E-state index in [1.165, 1.54) is 59.1 Å². The Labute approximate surface area is 209 Å². The number of rotatable bonds is 9. The van der Waals surface area contributed by atoms with E-state index in [0.29, 0.717) is 47.2 Å². The van der Waals surface area contributed by atoms with Crippen molar-refractivity contribution in [2.24, 2.45) is 0 Å². The van der Waals surface area contributed by atoms with E-state index in [4.69, 9.17) is 4.74 Å². The van der Waals surface area contributed by atoms with Crippen LogP contribution in [0.4, 0.5) is 9.52 Å². The molecule has 4 rings (SSSR count). The first kappa shape index (κ1) is 25.6. The molecule has 0 bridgehead atoms. The van der Waals surface area contributed by atoms with Gasteiger partial charge in [0.2, 0.25) is 10.0 Å². The zero-order valence-corrected chi connectivity index (χ0v) is 21.6. The number of aromatic nitrogens is 1. The SMILES string of the molecule is CN(C)CCN(C(=O)c1ccc(S(=O)(=O)N(C)C[C@H]2CCCO2)cc1)c1nc2ccc(F)cc2s1. The van der Waals surface area contributed by atoms with Crippen LogP contribution in [-0.4, -0.2) is 82.0 Å². The molecule has 11 heteroatoms. The number of fused-ring (bicyclic) bond motifs is 1. The lowest BCUT2D eigenvalue weighted by Gasteiger charge is -2.22. The molecule has 1 fully saturated rings. The van der Waals surface area contributed by atoms with Crippen LogP contribution in [0.3, 0.4) is 0 Å². The van der Waals surface area contributed by atoms with Crippen molar-refractivity contribution in [1.29, 1.82) is 0 Å². The topological polar surface area (TPSA) is 83.1 Å². The predicted octanol–water partition coefficient (Wildman–Crippen LogP) is 3.44. The lowest BCUT2D eigenvalue weighted by Crippen LogP contribution is -2.37. The molecule has 0 N–H and O–H groups in total. The largest absolute Gasteiger partial charge is 0.377 e. The number of benzene rings is 2. The lowest BCUT2D eigenvalue weighted by atomic mass is 10.2. The number of halogens is 1. The van der Waals surface area contributed by atoms with Gasteiger partial charge < -0.3 is 9.64 Å². The Kier molecular flexibility index (Phi) is 7.82. The van der Waals surface area contributed by atoms with Gasteiger partial charge in [-0.3, -0.25) is 9.69 Å². The van der Waals surface area contributed by atoms with Gasteiger partial charge in [0.05, 0.1) is 21.2 Å². The molecule has 1 aromatic heterocycles. The number of ether oxygens (including phenoxy) is 1. The minimum absolute atomic E-state index is 0.0943. The molecule has 35 heavy (non-hydrogen) atoms. The van der Waals surface area contributed by atoms with Gasteiger partial charge in [-0.25, -0.2) is 17.8 Å². The molecule has 0 aliphatic carbocycles.